The third kappa shape index (κ3) is 6.44. The maximum Gasteiger partial charge on any atom is 0.387 e. The number of halogens is 2. The lowest BCUT2D eigenvalue weighted by atomic mass is 10.2. The molecule has 0 saturated carbocycles. The fraction of sp³-hybridized carbons (Fsp3) is 0.333. The third-order valence-corrected chi connectivity index (χ3v) is 4.68. The number of amides is 1. The topological polar surface area (TPSA) is 75.6 Å². The fourth-order valence-corrected chi connectivity index (χ4v) is 3.21. The molecular formula is C18H19F2NO4S. The SMILES string of the molecule is O=C(O)CCCCCNC(=O)c1ccc(-c2ccc(OC(F)F)cc2)s1. The van der Waals surface area contributed by atoms with E-state index in [1.165, 1.54) is 23.5 Å². The van der Waals surface area contributed by atoms with Crippen LogP contribution in [0.25, 0.3) is 10.4 Å². The van der Waals surface area contributed by atoms with E-state index in [1.54, 1.807) is 24.3 Å². The quantitative estimate of drug-likeness (QED) is 0.597. The van der Waals surface area contributed by atoms with Gasteiger partial charge >= 0.3 is 12.6 Å². The Morgan fingerprint density at radius 1 is 1.08 bits per heavy atom. The van der Waals surface area contributed by atoms with E-state index in [9.17, 15) is 18.4 Å². The van der Waals surface area contributed by atoms with Crippen molar-refractivity contribution in [1.82, 2.24) is 5.32 Å². The van der Waals surface area contributed by atoms with Crippen LogP contribution in [0.15, 0.2) is 36.4 Å². The van der Waals surface area contributed by atoms with Crippen molar-refractivity contribution in [1.29, 1.82) is 0 Å². The number of alkyl halides is 2. The molecule has 0 bridgehead atoms. The summed E-state index contributed by atoms with van der Waals surface area (Å²) in [6.45, 7) is -2.37. The number of carboxylic acids is 1. The van der Waals surface area contributed by atoms with Gasteiger partial charge in [-0.05, 0) is 54.8 Å². The Bertz CT molecular complexity index is 731. The zero-order chi connectivity index (χ0) is 18.9. The van der Waals surface area contributed by atoms with E-state index >= 15 is 0 Å². The predicted molar refractivity (Wildman–Crippen MR) is 94.8 cm³/mol. The largest absolute Gasteiger partial charge is 0.481 e. The maximum absolute atomic E-state index is 12.2. The van der Waals surface area contributed by atoms with E-state index in [2.05, 4.69) is 10.1 Å². The van der Waals surface area contributed by atoms with Crippen LogP contribution < -0.4 is 10.1 Å². The molecule has 0 unspecified atom stereocenters. The van der Waals surface area contributed by atoms with Gasteiger partial charge in [0, 0.05) is 17.8 Å². The highest BCUT2D eigenvalue weighted by molar-refractivity contribution is 7.17. The summed E-state index contributed by atoms with van der Waals surface area (Å²) in [7, 11) is 0. The standard InChI is InChI=1S/C18H19F2NO4S/c19-18(20)25-13-7-5-12(6-8-13)14-9-10-15(26-14)17(24)21-11-3-1-2-4-16(22)23/h5-10,18H,1-4,11H2,(H,21,24)(H,22,23). The molecule has 8 heteroatoms. The van der Waals surface area contributed by atoms with Gasteiger partial charge in [0.15, 0.2) is 0 Å². The van der Waals surface area contributed by atoms with Crippen molar-refractivity contribution < 1.29 is 28.2 Å². The molecule has 0 fully saturated rings. The molecule has 26 heavy (non-hydrogen) atoms. The molecule has 2 rings (SSSR count). The van der Waals surface area contributed by atoms with Crippen LogP contribution in [0.3, 0.4) is 0 Å². The fourth-order valence-electron chi connectivity index (χ4n) is 2.28. The highest BCUT2D eigenvalue weighted by Crippen LogP contribution is 2.29. The Balaban J connectivity index is 1.82. The zero-order valence-corrected chi connectivity index (χ0v) is 14.7. The molecule has 140 valence electrons. The number of carboxylic acid groups (broad SMARTS) is 1. The third-order valence-electron chi connectivity index (χ3n) is 3.55. The Hall–Kier alpha value is -2.48. The van der Waals surface area contributed by atoms with Crippen LogP contribution in [0.2, 0.25) is 0 Å². The van der Waals surface area contributed by atoms with Crippen molar-refractivity contribution in [3.05, 3.63) is 41.3 Å². The van der Waals surface area contributed by atoms with Crippen molar-refractivity contribution in [2.45, 2.75) is 32.3 Å². The first-order chi connectivity index (χ1) is 12.5. The number of ether oxygens (including phenoxy) is 1. The predicted octanol–water partition coefficient (Wildman–Crippen LogP) is 4.39. The first-order valence-corrected chi connectivity index (χ1v) is 8.92. The van der Waals surface area contributed by atoms with Gasteiger partial charge in [0.2, 0.25) is 0 Å². The van der Waals surface area contributed by atoms with Crippen LogP contribution in [0, 0.1) is 0 Å². The minimum absolute atomic E-state index is 0.0844. The van der Waals surface area contributed by atoms with Gasteiger partial charge in [0.05, 0.1) is 4.88 Å². The van der Waals surface area contributed by atoms with E-state index in [0.717, 1.165) is 23.3 Å². The van der Waals surface area contributed by atoms with Crippen molar-refractivity contribution in [2.75, 3.05) is 6.54 Å². The summed E-state index contributed by atoms with van der Waals surface area (Å²) in [6, 6.07) is 9.75. The summed E-state index contributed by atoms with van der Waals surface area (Å²) in [5.41, 5.74) is 0.810. The molecule has 0 aliphatic carbocycles. The monoisotopic (exact) mass is 383 g/mol. The molecule has 0 aliphatic rings. The van der Waals surface area contributed by atoms with Crippen LogP contribution >= 0.6 is 11.3 Å². The Kier molecular flexibility index (Phi) is 7.53. The summed E-state index contributed by atoms with van der Waals surface area (Å²) in [4.78, 5) is 23.9. The van der Waals surface area contributed by atoms with E-state index in [1.807, 2.05) is 0 Å². The van der Waals surface area contributed by atoms with Crippen LogP contribution in [0.5, 0.6) is 5.75 Å². The summed E-state index contributed by atoms with van der Waals surface area (Å²) in [5.74, 6) is -0.910. The first-order valence-electron chi connectivity index (χ1n) is 8.11. The molecule has 2 N–H and O–H groups in total. The first kappa shape index (κ1) is 19.8. The van der Waals surface area contributed by atoms with Crippen LogP contribution in [0.1, 0.15) is 35.4 Å². The average Bonchev–Trinajstić information content (AvgIpc) is 3.08. The summed E-state index contributed by atoms with van der Waals surface area (Å²) >= 11 is 1.31. The van der Waals surface area contributed by atoms with Crippen LogP contribution in [0.4, 0.5) is 8.78 Å². The van der Waals surface area contributed by atoms with Crippen LogP contribution in [-0.4, -0.2) is 30.1 Å². The number of carbonyl (C=O) groups excluding carboxylic acids is 1. The Morgan fingerprint density at radius 3 is 2.46 bits per heavy atom. The van der Waals surface area contributed by atoms with E-state index in [-0.39, 0.29) is 18.1 Å². The molecule has 0 spiro atoms. The molecule has 1 aromatic heterocycles. The van der Waals surface area contributed by atoms with Gasteiger partial charge in [0.1, 0.15) is 5.75 Å². The van der Waals surface area contributed by atoms with Gasteiger partial charge < -0.3 is 15.2 Å². The van der Waals surface area contributed by atoms with Gasteiger partial charge in [-0.15, -0.1) is 11.3 Å². The van der Waals surface area contributed by atoms with Crippen LogP contribution in [-0.2, 0) is 4.79 Å². The minimum Gasteiger partial charge on any atom is -0.481 e. The summed E-state index contributed by atoms with van der Waals surface area (Å²) in [6.07, 6.45) is 2.21. The highest BCUT2D eigenvalue weighted by Gasteiger charge is 2.10. The van der Waals surface area contributed by atoms with Gasteiger partial charge in [-0.3, -0.25) is 9.59 Å². The number of hydrogen-bond donors (Lipinski definition) is 2. The number of nitrogens with one attached hydrogen (secondary N) is 1. The second-order valence-electron chi connectivity index (χ2n) is 5.53. The molecule has 0 saturated heterocycles. The number of rotatable bonds is 10. The molecule has 1 aromatic carbocycles. The molecule has 0 aliphatic heterocycles. The van der Waals surface area contributed by atoms with Gasteiger partial charge in [-0.2, -0.15) is 8.78 Å². The summed E-state index contributed by atoms with van der Waals surface area (Å²) < 4.78 is 28.6. The van der Waals surface area contributed by atoms with Gasteiger partial charge in [-0.1, -0.05) is 6.42 Å². The van der Waals surface area contributed by atoms with Crippen molar-refractivity contribution in [2.24, 2.45) is 0 Å². The molecule has 2 aromatic rings. The van der Waals surface area contributed by atoms with E-state index in [4.69, 9.17) is 5.11 Å². The molecular weight excluding hydrogens is 364 g/mol. The highest BCUT2D eigenvalue weighted by atomic mass is 32.1. The lowest BCUT2D eigenvalue weighted by molar-refractivity contribution is -0.137. The van der Waals surface area contributed by atoms with Crippen molar-refractivity contribution >= 4 is 23.2 Å². The average molecular weight is 383 g/mol. The minimum atomic E-state index is -2.86. The molecule has 5 nitrogen and oxygen atoms in total. The molecule has 0 radical (unpaired) electrons. The molecule has 1 heterocycles. The number of thiophene rings is 1. The molecule has 0 atom stereocenters. The Labute approximate surface area is 153 Å². The number of benzene rings is 1. The number of aliphatic carboxylic acids is 1. The second kappa shape index (κ2) is 9.86. The molecule has 1 amide bonds. The number of unbranched alkanes of at least 4 members (excludes halogenated alkanes) is 2. The smallest absolute Gasteiger partial charge is 0.387 e. The van der Waals surface area contributed by atoms with Crippen molar-refractivity contribution in [3.8, 4) is 16.2 Å². The number of hydrogen-bond acceptors (Lipinski definition) is 4. The maximum atomic E-state index is 12.2. The lowest BCUT2D eigenvalue weighted by Crippen LogP contribution is -2.23. The van der Waals surface area contributed by atoms with Crippen molar-refractivity contribution in [3.63, 3.8) is 0 Å². The van der Waals surface area contributed by atoms with E-state index < -0.39 is 12.6 Å². The lowest BCUT2D eigenvalue weighted by Gasteiger charge is -2.05. The number of carbonyl (C=O) groups is 2. The Morgan fingerprint density at radius 2 is 1.81 bits per heavy atom. The normalized spacial score (nSPS) is 10.7. The van der Waals surface area contributed by atoms with Gasteiger partial charge in [0.25, 0.3) is 5.91 Å². The zero-order valence-electron chi connectivity index (χ0n) is 13.9. The summed E-state index contributed by atoms with van der Waals surface area (Å²) in [5, 5.41) is 11.4. The van der Waals surface area contributed by atoms with E-state index in [0.29, 0.717) is 17.8 Å². The van der Waals surface area contributed by atoms with Gasteiger partial charge in [-0.25, -0.2) is 0 Å². The second-order valence-corrected chi connectivity index (χ2v) is 6.61.